The van der Waals surface area contributed by atoms with Crippen molar-refractivity contribution in [2.24, 2.45) is 5.92 Å². The Bertz CT molecular complexity index is 423. The highest BCUT2D eigenvalue weighted by molar-refractivity contribution is 5.88. The van der Waals surface area contributed by atoms with Crippen LogP contribution >= 0.6 is 0 Å². The van der Waals surface area contributed by atoms with E-state index < -0.39 is 6.04 Å². The van der Waals surface area contributed by atoms with Crippen molar-refractivity contribution in [3.8, 4) is 5.75 Å². The Hall–Kier alpha value is -1.84. The monoisotopic (exact) mass is 249 g/mol. The molecule has 1 aromatic rings. The number of amides is 1. The van der Waals surface area contributed by atoms with Gasteiger partial charge in [0.2, 0.25) is 5.91 Å². The lowest BCUT2D eigenvalue weighted by atomic mass is 10.0. The van der Waals surface area contributed by atoms with E-state index in [9.17, 15) is 14.7 Å². The number of hydrogen-bond donors (Lipinski definition) is 2. The molecule has 1 aromatic carbocycles. The van der Waals surface area contributed by atoms with Gasteiger partial charge < -0.3 is 10.4 Å². The summed E-state index contributed by atoms with van der Waals surface area (Å²) >= 11 is 0. The van der Waals surface area contributed by atoms with Gasteiger partial charge in [-0.05, 0) is 31.0 Å². The molecule has 0 fully saturated rings. The van der Waals surface area contributed by atoms with Gasteiger partial charge in [0.1, 0.15) is 5.75 Å². The van der Waals surface area contributed by atoms with Crippen LogP contribution < -0.4 is 5.32 Å². The van der Waals surface area contributed by atoms with Crippen molar-refractivity contribution in [3.63, 3.8) is 0 Å². The molecule has 1 unspecified atom stereocenters. The maximum Gasteiger partial charge on any atom is 0.223 e. The van der Waals surface area contributed by atoms with E-state index in [2.05, 4.69) is 5.32 Å². The topological polar surface area (TPSA) is 66.4 Å². The molecule has 0 aliphatic carbocycles. The van der Waals surface area contributed by atoms with Crippen LogP contribution in [0.3, 0.4) is 0 Å². The Balaban J connectivity index is 2.72. The molecule has 1 atom stereocenters. The molecule has 0 saturated heterocycles. The lowest BCUT2D eigenvalue weighted by Gasteiger charge is -2.17. The van der Waals surface area contributed by atoms with Crippen LogP contribution in [-0.4, -0.2) is 22.8 Å². The van der Waals surface area contributed by atoms with Gasteiger partial charge in [-0.3, -0.25) is 9.59 Å². The number of phenolic OH excluding ortho intramolecular Hbond substituents is 1. The highest BCUT2D eigenvalue weighted by atomic mass is 16.3. The minimum atomic E-state index is -0.510. The third-order valence-electron chi connectivity index (χ3n) is 2.71. The highest BCUT2D eigenvalue weighted by Crippen LogP contribution is 2.12. The van der Waals surface area contributed by atoms with E-state index >= 15 is 0 Å². The Morgan fingerprint density at radius 2 is 1.78 bits per heavy atom. The molecule has 2 N–H and O–H groups in total. The number of Topliss-reactive ketones (excluding diaryl/α,β-unsaturated/α-hetero) is 1. The zero-order valence-electron chi connectivity index (χ0n) is 10.9. The number of hydrogen-bond acceptors (Lipinski definition) is 3. The summed E-state index contributed by atoms with van der Waals surface area (Å²) in [6, 6.07) is 6.11. The van der Waals surface area contributed by atoms with Crippen molar-refractivity contribution in [2.75, 3.05) is 0 Å². The van der Waals surface area contributed by atoms with Gasteiger partial charge in [0.25, 0.3) is 0 Å². The quantitative estimate of drug-likeness (QED) is 0.834. The number of ketones is 1. The van der Waals surface area contributed by atoms with E-state index in [1.54, 1.807) is 38.1 Å². The first-order chi connectivity index (χ1) is 8.40. The van der Waals surface area contributed by atoms with Crippen LogP contribution in [0.15, 0.2) is 24.3 Å². The normalized spacial score (nSPS) is 12.2. The van der Waals surface area contributed by atoms with Gasteiger partial charge in [-0.2, -0.15) is 0 Å². The summed E-state index contributed by atoms with van der Waals surface area (Å²) in [6.07, 6.45) is 0.439. The first-order valence-corrected chi connectivity index (χ1v) is 5.99. The molecule has 4 heteroatoms. The molecular formula is C14H19NO3. The third kappa shape index (κ3) is 4.20. The largest absolute Gasteiger partial charge is 0.508 e. The molecule has 0 radical (unpaired) electrons. The van der Waals surface area contributed by atoms with Gasteiger partial charge in [0, 0.05) is 5.92 Å². The summed E-state index contributed by atoms with van der Waals surface area (Å²) in [7, 11) is 0. The summed E-state index contributed by atoms with van der Waals surface area (Å²) in [5.74, 6) is -0.165. The van der Waals surface area contributed by atoms with Gasteiger partial charge >= 0.3 is 0 Å². The van der Waals surface area contributed by atoms with Crippen molar-refractivity contribution in [1.29, 1.82) is 0 Å². The Kier molecular flexibility index (Phi) is 4.89. The molecular weight excluding hydrogens is 230 g/mol. The van der Waals surface area contributed by atoms with Gasteiger partial charge in [-0.25, -0.2) is 0 Å². The van der Waals surface area contributed by atoms with E-state index in [0.29, 0.717) is 6.42 Å². The Morgan fingerprint density at radius 3 is 2.22 bits per heavy atom. The second-order valence-electron chi connectivity index (χ2n) is 4.70. The van der Waals surface area contributed by atoms with Gasteiger partial charge in [-0.15, -0.1) is 0 Å². The number of nitrogens with one attached hydrogen (secondary N) is 1. The van der Waals surface area contributed by atoms with Crippen molar-refractivity contribution in [2.45, 2.75) is 33.2 Å². The molecule has 0 aromatic heterocycles. The summed E-state index contributed by atoms with van der Waals surface area (Å²) in [6.45, 7) is 5.03. The van der Waals surface area contributed by atoms with Crippen molar-refractivity contribution >= 4 is 11.7 Å². The molecule has 18 heavy (non-hydrogen) atoms. The van der Waals surface area contributed by atoms with Gasteiger partial charge in [0.05, 0.1) is 6.04 Å². The minimum Gasteiger partial charge on any atom is -0.508 e. The molecule has 4 nitrogen and oxygen atoms in total. The van der Waals surface area contributed by atoms with Crippen molar-refractivity contribution < 1.29 is 14.7 Å². The summed E-state index contributed by atoms with van der Waals surface area (Å²) in [4.78, 5) is 23.1. The molecule has 0 aliphatic heterocycles. The average molecular weight is 249 g/mol. The zero-order valence-corrected chi connectivity index (χ0v) is 10.9. The predicted molar refractivity (Wildman–Crippen MR) is 69.3 cm³/mol. The van der Waals surface area contributed by atoms with Crippen molar-refractivity contribution in [3.05, 3.63) is 29.8 Å². The van der Waals surface area contributed by atoms with E-state index in [0.717, 1.165) is 5.56 Å². The van der Waals surface area contributed by atoms with Crippen LogP contribution in [-0.2, 0) is 16.0 Å². The highest BCUT2D eigenvalue weighted by Gasteiger charge is 2.19. The fourth-order valence-electron chi connectivity index (χ4n) is 1.50. The second kappa shape index (κ2) is 6.19. The molecule has 0 spiro atoms. The van der Waals surface area contributed by atoms with E-state index in [4.69, 9.17) is 0 Å². The van der Waals surface area contributed by atoms with E-state index in [1.165, 1.54) is 6.92 Å². The number of aromatic hydroxyl groups is 1. The molecule has 0 saturated carbocycles. The number of rotatable bonds is 5. The lowest BCUT2D eigenvalue weighted by molar-refractivity contribution is -0.128. The van der Waals surface area contributed by atoms with E-state index in [1.807, 2.05) is 0 Å². The number of carbonyl (C=O) groups excluding carboxylic acids is 2. The SMILES string of the molecule is CC(=O)C(Cc1ccc(O)cc1)NC(=O)C(C)C. The lowest BCUT2D eigenvalue weighted by Crippen LogP contribution is -2.43. The summed E-state index contributed by atoms with van der Waals surface area (Å²) < 4.78 is 0. The smallest absolute Gasteiger partial charge is 0.223 e. The second-order valence-corrected chi connectivity index (χ2v) is 4.70. The Morgan fingerprint density at radius 1 is 1.22 bits per heavy atom. The molecule has 0 aliphatic rings. The fraction of sp³-hybridized carbons (Fsp3) is 0.429. The van der Waals surface area contributed by atoms with Crippen LogP contribution in [0.4, 0.5) is 0 Å². The van der Waals surface area contributed by atoms with Gasteiger partial charge in [0.15, 0.2) is 5.78 Å². The van der Waals surface area contributed by atoms with Crippen molar-refractivity contribution in [1.82, 2.24) is 5.32 Å². The predicted octanol–water partition coefficient (Wildman–Crippen LogP) is 1.66. The van der Waals surface area contributed by atoms with Crippen LogP contribution in [0.5, 0.6) is 5.75 Å². The standard InChI is InChI=1S/C14H19NO3/c1-9(2)14(18)15-13(10(3)16)8-11-4-6-12(17)7-5-11/h4-7,9,13,17H,8H2,1-3H3,(H,15,18). The third-order valence-corrected chi connectivity index (χ3v) is 2.71. The first-order valence-electron chi connectivity index (χ1n) is 5.99. The molecule has 0 heterocycles. The average Bonchev–Trinajstić information content (AvgIpc) is 2.30. The van der Waals surface area contributed by atoms with E-state index in [-0.39, 0.29) is 23.4 Å². The van der Waals surface area contributed by atoms with Crippen LogP contribution in [0.25, 0.3) is 0 Å². The number of phenols is 1. The Labute approximate surface area is 107 Å². The molecule has 1 rings (SSSR count). The fourth-order valence-corrected chi connectivity index (χ4v) is 1.50. The van der Waals surface area contributed by atoms with Crippen LogP contribution in [0.1, 0.15) is 26.3 Å². The summed E-state index contributed by atoms with van der Waals surface area (Å²) in [5.41, 5.74) is 0.900. The maximum absolute atomic E-state index is 11.6. The number of benzene rings is 1. The molecule has 0 bridgehead atoms. The summed E-state index contributed by atoms with van der Waals surface area (Å²) in [5, 5.41) is 11.9. The first kappa shape index (κ1) is 14.2. The zero-order chi connectivity index (χ0) is 13.7. The number of carbonyl (C=O) groups is 2. The van der Waals surface area contributed by atoms with Gasteiger partial charge in [-0.1, -0.05) is 26.0 Å². The molecule has 1 amide bonds. The van der Waals surface area contributed by atoms with Crippen LogP contribution in [0.2, 0.25) is 0 Å². The van der Waals surface area contributed by atoms with Crippen LogP contribution in [0, 0.1) is 5.92 Å². The minimum absolute atomic E-state index is 0.0722. The maximum atomic E-state index is 11.6. The molecule has 98 valence electrons.